The molecule has 0 aliphatic carbocycles. The number of ether oxygens (including phenoxy) is 2. The van der Waals surface area contributed by atoms with Crippen LogP contribution in [-0.2, 0) is 0 Å². The topological polar surface area (TPSA) is 76.7 Å². The van der Waals surface area contributed by atoms with E-state index in [2.05, 4.69) is 42.5 Å². The first-order valence-corrected chi connectivity index (χ1v) is 11.0. The van der Waals surface area contributed by atoms with Crippen molar-refractivity contribution in [2.75, 3.05) is 0 Å². The Morgan fingerprint density at radius 2 is 0.938 bits per heavy atom. The molecule has 0 unspecified atom stereocenters. The minimum Gasteiger partial charge on any atom is -0.463 e. The predicted octanol–water partition coefficient (Wildman–Crippen LogP) is 5.77. The van der Waals surface area contributed by atoms with E-state index in [4.69, 9.17) is 9.47 Å². The van der Waals surface area contributed by atoms with Crippen LogP contribution in [0.2, 0.25) is 0 Å². The molecule has 0 aliphatic rings. The largest absolute Gasteiger partial charge is 0.463 e. The molecule has 0 radical (unpaired) electrons. The highest BCUT2D eigenvalue weighted by atomic mass is 79.9. The summed E-state index contributed by atoms with van der Waals surface area (Å²) >= 11 is 6.67. The van der Waals surface area contributed by atoms with Gasteiger partial charge in [-0.15, -0.1) is 0 Å². The molecule has 3 aromatic carbocycles. The fraction of sp³-hybridized carbons (Fsp3) is 0. The molecular formula is C24H18Br2N2O4. The molecular weight excluding hydrogens is 540 g/mol. The Hall–Kier alpha value is -3.36. The highest BCUT2D eigenvalue weighted by Crippen LogP contribution is 2.16. The Kier molecular flexibility index (Phi) is 8.65. The number of carbonyl (C=O) groups is 2. The van der Waals surface area contributed by atoms with Crippen molar-refractivity contribution in [1.29, 1.82) is 0 Å². The second-order valence-electron chi connectivity index (χ2n) is 6.27. The van der Waals surface area contributed by atoms with E-state index in [9.17, 15) is 9.59 Å². The number of rotatable bonds is 8. The molecule has 0 heterocycles. The van der Waals surface area contributed by atoms with Gasteiger partial charge in [-0.05, 0) is 72.8 Å². The van der Waals surface area contributed by atoms with Crippen LogP contribution >= 0.6 is 31.9 Å². The van der Waals surface area contributed by atoms with Crippen LogP contribution in [0.1, 0.15) is 20.7 Å². The second-order valence-corrected chi connectivity index (χ2v) is 8.10. The molecule has 0 saturated carbocycles. The van der Waals surface area contributed by atoms with Gasteiger partial charge in [0.25, 0.3) is 11.8 Å². The Morgan fingerprint density at radius 1 is 0.594 bits per heavy atom. The summed E-state index contributed by atoms with van der Waals surface area (Å²) in [6.45, 7) is 0. The standard InChI is InChI=1S/C24H18Br2N2O4/c25-19-5-1-17(2-6-19)23(29)27-13-15-31-21-9-3-18(4-10-21)24(30)28-14-16-32-22-11-7-20(26)8-12-22/h1-16H,(H,27,29)(H,28,30)/b15-13+,16-14+. The van der Waals surface area contributed by atoms with Gasteiger partial charge in [0.1, 0.15) is 24.0 Å². The maximum Gasteiger partial charge on any atom is 0.255 e. The second kappa shape index (κ2) is 11.9. The summed E-state index contributed by atoms with van der Waals surface area (Å²) in [6, 6.07) is 20.9. The average molecular weight is 558 g/mol. The zero-order valence-electron chi connectivity index (χ0n) is 16.6. The van der Waals surface area contributed by atoms with E-state index in [1.54, 1.807) is 60.7 Å². The Morgan fingerprint density at radius 3 is 1.38 bits per heavy atom. The molecule has 162 valence electrons. The Labute approximate surface area is 202 Å². The fourth-order valence-electron chi connectivity index (χ4n) is 2.41. The number of benzene rings is 3. The zero-order chi connectivity index (χ0) is 22.8. The van der Waals surface area contributed by atoms with E-state index in [1.807, 2.05) is 12.1 Å². The van der Waals surface area contributed by atoms with Crippen LogP contribution in [0.25, 0.3) is 0 Å². The first-order chi connectivity index (χ1) is 15.5. The van der Waals surface area contributed by atoms with E-state index < -0.39 is 0 Å². The molecule has 0 atom stereocenters. The minimum absolute atomic E-state index is 0.249. The smallest absolute Gasteiger partial charge is 0.255 e. The predicted molar refractivity (Wildman–Crippen MR) is 129 cm³/mol. The van der Waals surface area contributed by atoms with Gasteiger partial charge in [-0.2, -0.15) is 0 Å². The SMILES string of the molecule is O=C(N/C=C/Oc1ccc(C(=O)N/C=C/Oc2ccc(Br)cc2)cc1)c1ccc(Br)cc1. The summed E-state index contributed by atoms with van der Waals surface area (Å²) < 4.78 is 12.7. The fourth-order valence-corrected chi connectivity index (χ4v) is 2.94. The van der Waals surface area contributed by atoms with Crippen LogP contribution in [0.3, 0.4) is 0 Å². The first-order valence-electron chi connectivity index (χ1n) is 9.37. The van der Waals surface area contributed by atoms with Crippen LogP contribution in [0.5, 0.6) is 11.5 Å². The Bertz CT molecular complexity index is 1110. The van der Waals surface area contributed by atoms with Gasteiger partial charge in [0.2, 0.25) is 0 Å². The van der Waals surface area contributed by atoms with Crippen molar-refractivity contribution in [2.24, 2.45) is 0 Å². The first kappa shape index (κ1) is 23.3. The lowest BCUT2D eigenvalue weighted by molar-refractivity contribution is 0.0961. The van der Waals surface area contributed by atoms with Gasteiger partial charge in [-0.25, -0.2) is 0 Å². The summed E-state index contributed by atoms with van der Waals surface area (Å²) in [5.41, 5.74) is 0.989. The zero-order valence-corrected chi connectivity index (χ0v) is 19.8. The highest BCUT2D eigenvalue weighted by Gasteiger charge is 2.04. The average Bonchev–Trinajstić information content (AvgIpc) is 2.81. The number of nitrogens with one attached hydrogen (secondary N) is 2. The van der Waals surface area contributed by atoms with E-state index in [0.29, 0.717) is 22.6 Å². The highest BCUT2D eigenvalue weighted by molar-refractivity contribution is 9.10. The molecule has 0 spiro atoms. The van der Waals surface area contributed by atoms with Crippen molar-refractivity contribution in [2.45, 2.75) is 0 Å². The summed E-state index contributed by atoms with van der Waals surface area (Å²) in [6.07, 6.45) is 5.58. The lowest BCUT2D eigenvalue weighted by Gasteiger charge is -2.04. The van der Waals surface area contributed by atoms with Crippen molar-refractivity contribution in [3.63, 3.8) is 0 Å². The molecule has 6 nitrogen and oxygen atoms in total. The van der Waals surface area contributed by atoms with E-state index in [1.165, 1.54) is 24.9 Å². The molecule has 0 bridgehead atoms. The van der Waals surface area contributed by atoms with Gasteiger partial charge in [-0.1, -0.05) is 31.9 Å². The number of halogens is 2. The van der Waals surface area contributed by atoms with Gasteiger partial charge in [0, 0.05) is 32.5 Å². The van der Waals surface area contributed by atoms with Gasteiger partial charge in [0.05, 0.1) is 0 Å². The summed E-state index contributed by atoms with van der Waals surface area (Å²) in [5, 5.41) is 5.24. The molecule has 32 heavy (non-hydrogen) atoms. The summed E-state index contributed by atoms with van der Waals surface area (Å²) in [4.78, 5) is 24.2. The third-order valence-corrected chi connectivity index (χ3v) is 5.07. The van der Waals surface area contributed by atoms with Crippen molar-refractivity contribution < 1.29 is 19.1 Å². The number of carbonyl (C=O) groups excluding carboxylic acids is 2. The minimum atomic E-state index is -0.287. The molecule has 2 amide bonds. The quantitative estimate of drug-likeness (QED) is 0.345. The third-order valence-electron chi connectivity index (χ3n) is 4.01. The summed E-state index contributed by atoms with van der Waals surface area (Å²) in [7, 11) is 0. The van der Waals surface area contributed by atoms with Crippen molar-refractivity contribution in [1.82, 2.24) is 10.6 Å². The molecule has 0 aliphatic heterocycles. The molecule has 0 saturated heterocycles. The number of amides is 2. The molecule has 3 aromatic rings. The third kappa shape index (κ3) is 7.40. The number of hydrogen-bond donors (Lipinski definition) is 2. The van der Waals surface area contributed by atoms with Crippen LogP contribution in [0.15, 0.2) is 107 Å². The van der Waals surface area contributed by atoms with Crippen molar-refractivity contribution >= 4 is 43.7 Å². The van der Waals surface area contributed by atoms with Gasteiger partial charge >= 0.3 is 0 Å². The normalized spacial score (nSPS) is 10.8. The molecule has 2 N–H and O–H groups in total. The van der Waals surface area contributed by atoms with Crippen LogP contribution in [0, 0.1) is 0 Å². The Balaban J connectivity index is 1.42. The molecule has 8 heteroatoms. The van der Waals surface area contributed by atoms with Crippen LogP contribution < -0.4 is 20.1 Å². The van der Waals surface area contributed by atoms with Crippen molar-refractivity contribution in [3.8, 4) is 11.5 Å². The lowest BCUT2D eigenvalue weighted by Crippen LogP contribution is -2.17. The maximum atomic E-state index is 12.2. The summed E-state index contributed by atoms with van der Waals surface area (Å²) in [5.74, 6) is 0.636. The van der Waals surface area contributed by atoms with Gasteiger partial charge < -0.3 is 20.1 Å². The van der Waals surface area contributed by atoms with Crippen molar-refractivity contribution in [3.05, 3.63) is 118 Å². The molecule has 3 rings (SSSR count). The van der Waals surface area contributed by atoms with E-state index >= 15 is 0 Å². The van der Waals surface area contributed by atoms with E-state index in [-0.39, 0.29) is 11.8 Å². The molecule has 0 aromatic heterocycles. The lowest BCUT2D eigenvalue weighted by atomic mass is 10.2. The monoisotopic (exact) mass is 556 g/mol. The molecule has 0 fully saturated rings. The maximum absolute atomic E-state index is 12.2. The van der Waals surface area contributed by atoms with Gasteiger partial charge in [0.15, 0.2) is 0 Å². The van der Waals surface area contributed by atoms with Crippen LogP contribution in [-0.4, -0.2) is 11.8 Å². The number of hydrogen-bond acceptors (Lipinski definition) is 4. The van der Waals surface area contributed by atoms with Crippen LogP contribution in [0.4, 0.5) is 0 Å². The van der Waals surface area contributed by atoms with Gasteiger partial charge in [-0.3, -0.25) is 9.59 Å². The van der Waals surface area contributed by atoms with E-state index in [0.717, 1.165) is 8.95 Å².